The van der Waals surface area contributed by atoms with Crippen LogP contribution in [0.5, 0.6) is 0 Å². The maximum Gasteiger partial charge on any atom is 0.251 e. The molecule has 0 bridgehead atoms. The highest BCUT2D eigenvalue weighted by Gasteiger charge is 2.20. The summed E-state index contributed by atoms with van der Waals surface area (Å²) in [6, 6.07) is 1.45. The van der Waals surface area contributed by atoms with Crippen molar-refractivity contribution in [3.05, 3.63) is 10.1 Å². The van der Waals surface area contributed by atoms with Crippen LogP contribution in [0.15, 0.2) is 4.99 Å². The highest BCUT2D eigenvalue weighted by Crippen LogP contribution is 2.09. The van der Waals surface area contributed by atoms with E-state index in [1.807, 2.05) is 0 Å². The van der Waals surface area contributed by atoms with Crippen molar-refractivity contribution in [2.45, 2.75) is 90.5 Å². The van der Waals surface area contributed by atoms with Crippen molar-refractivity contribution in [3.63, 3.8) is 0 Å². The molecule has 11 heteroatoms. The molecule has 0 aromatic rings. The Balaban J connectivity index is 4.44. The minimum absolute atomic E-state index is 0.170. The normalized spacial score (nSPS) is 12.1. The number of hydrogen-bond acceptors (Lipinski definition) is 6. The van der Waals surface area contributed by atoms with E-state index in [-0.39, 0.29) is 24.3 Å². The van der Waals surface area contributed by atoms with Gasteiger partial charge in [-0.25, -0.2) is 15.1 Å². The summed E-state index contributed by atoms with van der Waals surface area (Å²) in [5.41, 5.74) is 7.13. The van der Waals surface area contributed by atoms with Gasteiger partial charge in [-0.15, -0.1) is 0 Å². The molecule has 0 rings (SSSR count). The lowest BCUT2D eigenvalue weighted by atomic mass is 10.1. The maximum absolute atomic E-state index is 12.5. The summed E-state index contributed by atoms with van der Waals surface area (Å²) in [7, 11) is 0. The number of amides is 2. The number of carbonyl (C=O) groups is 2. The fraction of sp³-hybridized carbons (Fsp3) is 0.810. The molecule has 11 nitrogen and oxygen atoms in total. The van der Waals surface area contributed by atoms with Crippen LogP contribution in [0.25, 0.3) is 0 Å². The number of nitrogens with one attached hydrogen (secondary N) is 3. The molecule has 0 saturated carbocycles. The molecule has 182 valence electrons. The predicted octanol–water partition coefficient (Wildman–Crippen LogP) is 2.15. The molecule has 0 aliphatic heterocycles. The van der Waals surface area contributed by atoms with Crippen molar-refractivity contribution in [3.8, 4) is 6.07 Å². The number of nitro groups is 1. The molecule has 0 aromatic heterocycles. The highest BCUT2D eigenvalue weighted by atomic mass is 16.7. The number of nitrogens with zero attached hydrogens (tertiary/aromatic N) is 3. The SMILES string of the molecule is CC(C)CCNC(=O)[C@H](CCCN=C(N)N[N+](=O)[O-])NC(=O)CCCCCCCCC#N. The second kappa shape index (κ2) is 18.8. The van der Waals surface area contributed by atoms with E-state index < -0.39 is 11.1 Å². The van der Waals surface area contributed by atoms with Crippen LogP contribution in [0.2, 0.25) is 0 Å². The third-order valence-electron chi connectivity index (χ3n) is 4.75. The number of aliphatic imine (C=N–C) groups is 1. The lowest BCUT2D eigenvalue weighted by Gasteiger charge is -2.19. The quantitative estimate of drug-likeness (QED) is 0.0807. The van der Waals surface area contributed by atoms with Crippen LogP contribution in [-0.4, -0.2) is 41.9 Å². The van der Waals surface area contributed by atoms with E-state index in [9.17, 15) is 19.7 Å². The number of rotatable bonds is 18. The number of nitriles is 1. The zero-order chi connectivity index (χ0) is 24.2. The third kappa shape index (κ3) is 17.9. The summed E-state index contributed by atoms with van der Waals surface area (Å²) in [6.07, 6.45) is 8.28. The van der Waals surface area contributed by atoms with Gasteiger partial charge < -0.3 is 16.4 Å². The first kappa shape index (κ1) is 29.1. The number of hydrogen-bond donors (Lipinski definition) is 4. The number of unbranched alkanes of at least 4 members (excludes halogenated alkanes) is 6. The lowest BCUT2D eigenvalue weighted by molar-refractivity contribution is -0.525. The smallest absolute Gasteiger partial charge is 0.251 e. The van der Waals surface area contributed by atoms with Crippen molar-refractivity contribution < 1.29 is 14.6 Å². The van der Waals surface area contributed by atoms with Gasteiger partial charge in [-0.3, -0.25) is 9.59 Å². The summed E-state index contributed by atoms with van der Waals surface area (Å²) >= 11 is 0. The fourth-order valence-electron chi connectivity index (χ4n) is 2.96. The number of hydrazine groups is 1. The number of carbonyl (C=O) groups excluding carboxylic acids is 2. The van der Waals surface area contributed by atoms with Gasteiger partial charge in [0.15, 0.2) is 5.03 Å². The zero-order valence-corrected chi connectivity index (χ0v) is 19.4. The van der Waals surface area contributed by atoms with Crippen LogP contribution in [0.3, 0.4) is 0 Å². The Morgan fingerprint density at radius 3 is 2.38 bits per heavy atom. The fourth-order valence-corrected chi connectivity index (χ4v) is 2.96. The van der Waals surface area contributed by atoms with Crippen LogP contribution in [-0.2, 0) is 9.59 Å². The van der Waals surface area contributed by atoms with Gasteiger partial charge in [-0.05, 0) is 38.0 Å². The average molecular weight is 454 g/mol. The Bertz CT molecular complexity index is 632. The largest absolute Gasteiger partial charge is 0.365 e. The summed E-state index contributed by atoms with van der Waals surface area (Å²) in [5, 5.41) is 23.7. The molecule has 0 unspecified atom stereocenters. The van der Waals surface area contributed by atoms with Crippen molar-refractivity contribution in [2.75, 3.05) is 13.1 Å². The predicted molar refractivity (Wildman–Crippen MR) is 123 cm³/mol. The Hall–Kier alpha value is -2.90. The molecule has 2 amide bonds. The third-order valence-corrected chi connectivity index (χ3v) is 4.75. The van der Waals surface area contributed by atoms with Crippen LogP contribution in [0.4, 0.5) is 0 Å². The van der Waals surface area contributed by atoms with Crippen LogP contribution >= 0.6 is 0 Å². The topological polar surface area (TPSA) is 176 Å². The minimum Gasteiger partial charge on any atom is -0.365 e. The van der Waals surface area contributed by atoms with Crippen molar-refractivity contribution in [1.82, 2.24) is 16.1 Å². The van der Waals surface area contributed by atoms with Gasteiger partial charge in [0.1, 0.15) is 6.04 Å². The van der Waals surface area contributed by atoms with Gasteiger partial charge in [0.05, 0.1) is 6.07 Å². The van der Waals surface area contributed by atoms with E-state index in [1.165, 1.54) is 0 Å². The van der Waals surface area contributed by atoms with Gasteiger partial charge in [-0.2, -0.15) is 5.26 Å². The molecule has 0 saturated heterocycles. The van der Waals surface area contributed by atoms with Gasteiger partial charge in [0.2, 0.25) is 11.8 Å². The van der Waals surface area contributed by atoms with E-state index >= 15 is 0 Å². The van der Waals surface area contributed by atoms with Gasteiger partial charge >= 0.3 is 0 Å². The summed E-state index contributed by atoms with van der Waals surface area (Å²) < 4.78 is 0. The summed E-state index contributed by atoms with van der Waals surface area (Å²) in [4.78, 5) is 39.0. The molecule has 0 radical (unpaired) electrons. The van der Waals surface area contributed by atoms with E-state index in [2.05, 4.69) is 35.5 Å². The molecule has 0 heterocycles. The number of nitrogens with two attached hydrogens (primary N) is 1. The Labute approximate surface area is 190 Å². The van der Waals surface area contributed by atoms with Gasteiger partial charge in [-0.1, -0.05) is 45.0 Å². The van der Waals surface area contributed by atoms with Crippen molar-refractivity contribution >= 4 is 17.8 Å². The molecule has 1 atom stereocenters. The molecular weight excluding hydrogens is 414 g/mol. The number of guanidine groups is 1. The molecule has 32 heavy (non-hydrogen) atoms. The van der Waals surface area contributed by atoms with E-state index in [1.54, 1.807) is 5.43 Å². The van der Waals surface area contributed by atoms with E-state index in [4.69, 9.17) is 11.0 Å². The Morgan fingerprint density at radius 2 is 1.75 bits per heavy atom. The average Bonchev–Trinajstić information content (AvgIpc) is 2.71. The monoisotopic (exact) mass is 453 g/mol. The second-order valence-corrected chi connectivity index (χ2v) is 8.15. The first-order valence-electron chi connectivity index (χ1n) is 11.4. The summed E-state index contributed by atoms with van der Waals surface area (Å²) in [6.45, 7) is 4.86. The summed E-state index contributed by atoms with van der Waals surface area (Å²) in [5.74, 6) is -0.257. The Kier molecular flexibility index (Phi) is 17.1. The first-order valence-corrected chi connectivity index (χ1v) is 11.4. The first-order chi connectivity index (χ1) is 15.3. The lowest BCUT2D eigenvalue weighted by Crippen LogP contribution is -2.47. The van der Waals surface area contributed by atoms with E-state index in [0.29, 0.717) is 38.1 Å². The van der Waals surface area contributed by atoms with E-state index in [0.717, 1.165) is 44.9 Å². The van der Waals surface area contributed by atoms with Crippen LogP contribution in [0.1, 0.15) is 84.5 Å². The molecule has 0 aliphatic rings. The van der Waals surface area contributed by atoms with Crippen LogP contribution < -0.4 is 21.8 Å². The molecule has 5 N–H and O–H groups in total. The zero-order valence-electron chi connectivity index (χ0n) is 19.4. The molecule has 0 fully saturated rings. The molecular formula is C21H39N7O4. The Morgan fingerprint density at radius 1 is 1.09 bits per heavy atom. The van der Waals surface area contributed by atoms with Crippen molar-refractivity contribution in [2.24, 2.45) is 16.6 Å². The van der Waals surface area contributed by atoms with Gasteiger partial charge in [0, 0.05) is 25.9 Å². The minimum atomic E-state index is -0.795. The molecule has 0 aliphatic carbocycles. The molecule has 0 spiro atoms. The standard InChI is InChI=1S/C21H39N7O4/c1-17(2)13-16-24-20(30)18(11-10-15-25-21(23)27-28(31)32)26-19(29)12-8-6-4-3-5-7-9-14-22/h17-18H,3-13,15-16H2,1-2H3,(H,24,30)(H,26,29)(H3,23,25,27)/t18-/m0/s1. The van der Waals surface area contributed by atoms with Gasteiger partial charge in [0.25, 0.3) is 5.96 Å². The van der Waals surface area contributed by atoms with Crippen LogP contribution in [0, 0.1) is 27.4 Å². The van der Waals surface area contributed by atoms with Crippen molar-refractivity contribution in [1.29, 1.82) is 5.26 Å². The molecule has 0 aromatic carbocycles. The second-order valence-electron chi connectivity index (χ2n) is 8.15. The maximum atomic E-state index is 12.5. The highest BCUT2D eigenvalue weighted by molar-refractivity contribution is 5.87.